The van der Waals surface area contributed by atoms with E-state index < -0.39 is 0 Å². The largest absolute Gasteiger partial charge is 0.303 e. The van der Waals surface area contributed by atoms with Gasteiger partial charge in [-0.2, -0.15) is 0 Å². The zero-order valence-corrected chi connectivity index (χ0v) is 12.9. The van der Waals surface area contributed by atoms with Crippen LogP contribution in [0.5, 0.6) is 0 Å². The molecule has 1 fully saturated rings. The first-order chi connectivity index (χ1) is 9.63. The standard InChI is InChI=1S/C18H27NO/c1-16-8-7-9-17(12-16)13-19(2)14-18(15-20)10-5-3-4-6-11-18/h7-9,12,15H,3-6,10-11,13-14H2,1-2H3. The fraction of sp³-hybridized carbons (Fsp3) is 0.611. The molecule has 0 heterocycles. The normalized spacial score (nSPS) is 18.8. The van der Waals surface area contributed by atoms with Crippen molar-refractivity contribution in [2.45, 2.75) is 52.0 Å². The Morgan fingerprint density at radius 2 is 1.90 bits per heavy atom. The molecule has 0 radical (unpaired) electrons. The number of carbonyl (C=O) groups excluding carboxylic acids is 1. The van der Waals surface area contributed by atoms with Gasteiger partial charge in [0.2, 0.25) is 0 Å². The summed E-state index contributed by atoms with van der Waals surface area (Å²) >= 11 is 0. The Labute approximate surface area is 123 Å². The molecule has 0 saturated heterocycles. The minimum atomic E-state index is -0.102. The minimum absolute atomic E-state index is 0.102. The van der Waals surface area contributed by atoms with Crippen molar-refractivity contribution in [3.8, 4) is 0 Å². The monoisotopic (exact) mass is 273 g/mol. The van der Waals surface area contributed by atoms with Crippen molar-refractivity contribution in [1.82, 2.24) is 4.90 Å². The van der Waals surface area contributed by atoms with Crippen LogP contribution in [0.15, 0.2) is 24.3 Å². The highest BCUT2D eigenvalue weighted by Gasteiger charge is 2.31. The molecule has 2 nitrogen and oxygen atoms in total. The molecule has 2 heteroatoms. The van der Waals surface area contributed by atoms with Gasteiger partial charge < -0.3 is 9.69 Å². The Bertz CT molecular complexity index is 433. The molecule has 1 aromatic carbocycles. The van der Waals surface area contributed by atoms with Crippen molar-refractivity contribution in [3.63, 3.8) is 0 Å². The average Bonchev–Trinajstić information content (AvgIpc) is 2.65. The number of rotatable bonds is 5. The molecule has 1 saturated carbocycles. The number of hydrogen-bond donors (Lipinski definition) is 0. The van der Waals surface area contributed by atoms with Gasteiger partial charge in [-0.15, -0.1) is 0 Å². The van der Waals surface area contributed by atoms with Crippen LogP contribution in [0.1, 0.15) is 49.7 Å². The van der Waals surface area contributed by atoms with Gasteiger partial charge in [0, 0.05) is 18.5 Å². The maximum atomic E-state index is 11.7. The van der Waals surface area contributed by atoms with E-state index in [0.29, 0.717) is 0 Å². The lowest BCUT2D eigenvalue weighted by molar-refractivity contribution is -0.118. The van der Waals surface area contributed by atoms with E-state index in [1.807, 2.05) is 0 Å². The molecular formula is C18H27NO. The molecule has 0 N–H and O–H groups in total. The van der Waals surface area contributed by atoms with Gasteiger partial charge in [0.1, 0.15) is 6.29 Å². The molecule has 0 spiro atoms. The summed E-state index contributed by atoms with van der Waals surface area (Å²) in [5, 5.41) is 0. The summed E-state index contributed by atoms with van der Waals surface area (Å²) in [6.07, 6.45) is 8.36. The second kappa shape index (κ2) is 7.03. The lowest BCUT2D eigenvalue weighted by Crippen LogP contribution is -2.36. The third-order valence-electron chi connectivity index (χ3n) is 4.47. The lowest BCUT2D eigenvalue weighted by atomic mass is 9.81. The predicted octanol–water partition coefficient (Wildman–Crippen LogP) is 3.97. The molecule has 0 aromatic heterocycles. The number of aldehydes is 1. The quantitative estimate of drug-likeness (QED) is 0.597. The highest BCUT2D eigenvalue weighted by Crippen LogP contribution is 2.34. The van der Waals surface area contributed by atoms with Crippen molar-refractivity contribution in [3.05, 3.63) is 35.4 Å². The van der Waals surface area contributed by atoms with Crippen LogP contribution in [0.4, 0.5) is 0 Å². The van der Waals surface area contributed by atoms with E-state index in [4.69, 9.17) is 0 Å². The van der Waals surface area contributed by atoms with E-state index >= 15 is 0 Å². The Balaban J connectivity index is 1.98. The molecule has 20 heavy (non-hydrogen) atoms. The van der Waals surface area contributed by atoms with Gasteiger partial charge in [0.25, 0.3) is 0 Å². The van der Waals surface area contributed by atoms with Crippen LogP contribution >= 0.6 is 0 Å². The van der Waals surface area contributed by atoms with E-state index in [-0.39, 0.29) is 5.41 Å². The van der Waals surface area contributed by atoms with Crippen LogP contribution in [0, 0.1) is 12.3 Å². The molecule has 2 rings (SSSR count). The Morgan fingerprint density at radius 3 is 2.50 bits per heavy atom. The number of benzene rings is 1. The third kappa shape index (κ3) is 4.17. The maximum absolute atomic E-state index is 11.7. The number of hydrogen-bond acceptors (Lipinski definition) is 2. The maximum Gasteiger partial charge on any atom is 0.127 e. The van der Waals surface area contributed by atoms with Gasteiger partial charge in [-0.05, 0) is 32.4 Å². The highest BCUT2D eigenvalue weighted by molar-refractivity contribution is 5.59. The Kier molecular flexibility index (Phi) is 5.36. The summed E-state index contributed by atoms with van der Waals surface area (Å²) in [5.41, 5.74) is 2.53. The fourth-order valence-corrected chi connectivity index (χ4v) is 3.46. The highest BCUT2D eigenvalue weighted by atomic mass is 16.1. The van der Waals surface area contributed by atoms with Gasteiger partial charge in [-0.1, -0.05) is 55.5 Å². The molecule has 1 aliphatic rings. The topological polar surface area (TPSA) is 20.3 Å². The number of nitrogens with zero attached hydrogens (tertiary/aromatic N) is 1. The van der Waals surface area contributed by atoms with Crippen molar-refractivity contribution >= 4 is 6.29 Å². The van der Waals surface area contributed by atoms with Crippen LogP contribution in [-0.4, -0.2) is 24.8 Å². The smallest absolute Gasteiger partial charge is 0.127 e. The van der Waals surface area contributed by atoms with Gasteiger partial charge in [-0.25, -0.2) is 0 Å². The fourth-order valence-electron chi connectivity index (χ4n) is 3.46. The van der Waals surface area contributed by atoms with E-state index in [1.165, 1.54) is 43.1 Å². The summed E-state index contributed by atoms with van der Waals surface area (Å²) < 4.78 is 0. The van der Waals surface area contributed by atoms with Gasteiger partial charge in [-0.3, -0.25) is 0 Å². The van der Waals surface area contributed by atoms with E-state index in [0.717, 1.165) is 25.9 Å². The van der Waals surface area contributed by atoms with Crippen LogP contribution in [0.25, 0.3) is 0 Å². The summed E-state index contributed by atoms with van der Waals surface area (Å²) in [6, 6.07) is 8.64. The van der Waals surface area contributed by atoms with Crippen molar-refractivity contribution in [1.29, 1.82) is 0 Å². The molecule has 110 valence electrons. The summed E-state index contributed by atoms with van der Waals surface area (Å²) in [7, 11) is 2.14. The van der Waals surface area contributed by atoms with Gasteiger partial charge in [0.05, 0.1) is 0 Å². The lowest BCUT2D eigenvalue weighted by Gasteiger charge is -2.31. The summed E-state index contributed by atoms with van der Waals surface area (Å²) in [5.74, 6) is 0. The number of aryl methyl sites for hydroxylation is 1. The summed E-state index contributed by atoms with van der Waals surface area (Å²) in [6.45, 7) is 3.95. The molecule has 0 unspecified atom stereocenters. The first kappa shape index (κ1) is 15.2. The second-order valence-electron chi connectivity index (χ2n) is 6.56. The number of carbonyl (C=O) groups is 1. The zero-order valence-electron chi connectivity index (χ0n) is 12.9. The molecule has 0 amide bonds. The Hall–Kier alpha value is -1.15. The minimum Gasteiger partial charge on any atom is -0.303 e. The third-order valence-corrected chi connectivity index (χ3v) is 4.47. The molecule has 1 aromatic rings. The van der Waals surface area contributed by atoms with E-state index in [9.17, 15) is 4.79 Å². The molecule has 1 aliphatic carbocycles. The molecule has 0 aliphatic heterocycles. The van der Waals surface area contributed by atoms with Gasteiger partial charge >= 0.3 is 0 Å². The second-order valence-corrected chi connectivity index (χ2v) is 6.56. The van der Waals surface area contributed by atoms with Crippen molar-refractivity contribution in [2.75, 3.05) is 13.6 Å². The predicted molar refractivity (Wildman–Crippen MR) is 83.7 cm³/mol. The van der Waals surface area contributed by atoms with E-state index in [1.54, 1.807) is 0 Å². The average molecular weight is 273 g/mol. The van der Waals surface area contributed by atoms with Crippen LogP contribution in [0.3, 0.4) is 0 Å². The molecule has 0 bridgehead atoms. The van der Waals surface area contributed by atoms with Crippen LogP contribution in [-0.2, 0) is 11.3 Å². The van der Waals surface area contributed by atoms with Gasteiger partial charge in [0.15, 0.2) is 0 Å². The Morgan fingerprint density at radius 1 is 1.20 bits per heavy atom. The van der Waals surface area contributed by atoms with Crippen molar-refractivity contribution in [2.24, 2.45) is 5.41 Å². The first-order valence-electron chi connectivity index (χ1n) is 7.84. The molecular weight excluding hydrogens is 246 g/mol. The first-order valence-corrected chi connectivity index (χ1v) is 7.84. The SMILES string of the molecule is Cc1cccc(CN(C)CC2(C=O)CCCCCC2)c1. The summed E-state index contributed by atoms with van der Waals surface area (Å²) in [4.78, 5) is 14.0. The molecule has 0 atom stereocenters. The zero-order chi connectivity index (χ0) is 14.4. The van der Waals surface area contributed by atoms with Crippen LogP contribution in [0.2, 0.25) is 0 Å². The van der Waals surface area contributed by atoms with Crippen LogP contribution < -0.4 is 0 Å². The van der Waals surface area contributed by atoms with E-state index in [2.05, 4.69) is 43.1 Å². The van der Waals surface area contributed by atoms with Crippen molar-refractivity contribution < 1.29 is 4.79 Å².